The van der Waals surface area contributed by atoms with Crippen molar-refractivity contribution in [1.82, 2.24) is 0 Å². The predicted octanol–water partition coefficient (Wildman–Crippen LogP) is 3.24. The Morgan fingerprint density at radius 2 is 2.00 bits per heavy atom. The van der Waals surface area contributed by atoms with E-state index in [4.69, 9.17) is 11.6 Å². The summed E-state index contributed by atoms with van der Waals surface area (Å²) in [4.78, 5) is 9.88. The second-order valence-electron chi connectivity index (χ2n) is 2.64. The summed E-state index contributed by atoms with van der Waals surface area (Å²) < 4.78 is 0. The van der Waals surface area contributed by atoms with Gasteiger partial charge in [-0.3, -0.25) is 4.79 Å². The summed E-state index contributed by atoms with van der Waals surface area (Å²) >= 11 is 5.72. The minimum Gasteiger partial charge on any atom is -0.291 e. The van der Waals surface area contributed by atoms with Crippen LogP contribution in [-0.4, -0.2) is 6.29 Å². The lowest BCUT2D eigenvalue weighted by molar-refractivity contribution is 0.552. The highest BCUT2D eigenvalue weighted by atomic mass is 35.5. The van der Waals surface area contributed by atoms with E-state index in [-0.39, 0.29) is 0 Å². The SMILES string of the molecule is O=[C]CC/C=C/c1ccc(Cl)cc1. The van der Waals surface area contributed by atoms with E-state index in [0.29, 0.717) is 6.42 Å². The molecule has 0 aliphatic heterocycles. The smallest absolute Gasteiger partial charge is 0.198 e. The van der Waals surface area contributed by atoms with Gasteiger partial charge in [-0.2, -0.15) is 0 Å². The third-order valence-corrected chi connectivity index (χ3v) is 1.85. The molecule has 0 aliphatic rings. The van der Waals surface area contributed by atoms with E-state index in [2.05, 4.69) is 0 Å². The maximum atomic E-state index is 9.88. The van der Waals surface area contributed by atoms with Gasteiger partial charge in [0.15, 0.2) is 6.29 Å². The summed E-state index contributed by atoms with van der Waals surface area (Å²) in [5, 5.41) is 0.735. The first kappa shape index (κ1) is 10.0. The lowest BCUT2D eigenvalue weighted by Crippen LogP contribution is -1.72. The molecule has 0 unspecified atom stereocenters. The highest BCUT2D eigenvalue weighted by Gasteiger charge is 1.86. The summed E-state index contributed by atoms with van der Waals surface area (Å²) in [6.07, 6.45) is 6.96. The Bertz CT molecular complexity index is 287. The number of halogens is 1. The number of allylic oxidation sites excluding steroid dienone is 1. The highest BCUT2D eigenvalue weighted by Crippen LogP contribution is 2.10. The van der Waals surface area contributed by atoms with Gasteiger partial charge in [0.05, 0.1) is 0 Å². The quantitative estimate of drug-likeness (QED) is 0.671. The molecule has 13 heavy (non-hydrogen) atoms. The fourth-order valence-electron chi connectivity index (χ4n) is 0.936. The Balaban J connectivity index is 2.49. The van der Waals surface area contributed by atoms with Crippen LogP contribution in [-0.2, 0) is 4.79 Å². The van der Waals surface area contributed by atoms with Gasteiger partial charge >= 0.3 is 0 Å². The maximum absolute atomic E-state index is 9.88. The summed E-state index contributed by atoms with van der Waals surface area (Å²) in [5.74, 6) is 0. The van der Waals surface area contributed by atoms with Crippen molar-refractivity contribution in [3.8, 4) is 0 Å². The van der Waals surface area contributed by atoms with Gasteiger partial charge in [0.25, 0.3) is 0 Å². The van der Waals surface area contributed by atoms with Gasteiger partial charge in [0.2, 0.25) is 0 Å². The first-order valence-corrected chi connectivity index (χ1v) is 4.48. The van der Waals surface area contributed by atoms with Crippen LogP contribution < -0.4 is 0 Å². The third-order valence-electron chi connectivity index (χ3n) is 1.59. The van der Waals surface area contributed by atoms with Crippen LogP contribution >= 0.6 is 11.6 Å². The largest absolute Gasteiger partial charge is 0.291 e. The van der Waals surface area contributed by atoms with Gasteiger partial charge in [-0.15, -0.1) is 0 Å². The molecule has 0 aromatic heterocycles. The molecule has 0 spiro atoms. The molecule has 0 amide bonds. The normalized spacial score (nSPS) is 10.5. The third kappa shape index (κ3) is 3.90. The van der Waals surface area contributed by atoms with Crippen molar-refractivity contribution in [2.24, 2.45) is 0 Å². The number of hydrogen-bond donors (Lipinski definition) is 0. The van der Waals surface area contributed by atoms with Crippen LogP contribution in [0.25, 0.3) is 6.08 Å². The second kappa shape index (κ2) is 5.55. The highest BCUT2D eigenvalue weighted by molar-refractivity contribution is 6.30. The van der Waals surface area contributed by atoms with Crippen molar-refractivity contribution in [2.75, 3.05) is 0 Å². The molecule has 0 saturated heterocycles. The zero-order valence-electron chi connectivity index (χ0n) is 7.16. The van der Waals surface area contributed by atoms with Crippen molar-refractivity contribution in [3.05, 3.63) is 40.9 Å². The first-order chi connectivity index (χ1) is 6.33. The van der Waals surface area contributed by atoms with E-state index < -0.39 is 0 Å². The maximum Gasteiger partial charge on any atom is 0.198 e. The average molecular weight is 194 g/mol. The van der Waals surface area contributed by atoms with E-state index >= 15 is 0 Å². The van der Waals surface area contributed by atoms with Crippen molar-refractivity contribution in [2.45, 2.75) is 12.8 Å². The molecule has 0 heterocycles. The van der Waals surface area contributed by atoms with Crippen LogP contribution in [0.15, 0.2) is 30.3 Å². The van der Waals surface area contributed by atoms with Crippen molar-refractivity contribution in [1.29, 1.82) is 0 Å². The van der Waals surface area contributed by atoms with Crippen LogP contribution in [0.2, 0.25) is 5.02 Å². The fraction of sp³-hybridized carbons (Fsp3) is 0.182. The molecule has 0 aliphatic carbocycles. The zero-order valence-corrected chi connectivity index (χ0v) is 7.92. The van der Waals surface area contributed by atoms with E-state index in [1.54, 1.807) is 0 Å². The standard InChI is InChI=1S/C11H10ClO/c12-11-7-5-10(6-8-11)4-2-1-3-9-13/h2,4-8H,1,3H2/b4-2+. The van der Waals surface area contributed by atoms with Crippen LogP contribution in [0.1, 0.15) is 18.4 Å². The van der Waals surface area contributed by atoms with Gasteiger partial charge in [0.1, 0.15) is 0 Å². The number of carbonyl (C=O) groups excluding carboxylic acids is 1. The van der Waals surface area contributed by atoms with E-state index in [1.807, 2.05) is 42.7 Å². The van der Waals surface area contributed by atoms with Gasteiger partial charge < -0.3 is 0 Å². The predicted molar refractivity (Wildman–Crippen MR) is 55.4 cm³/mol. The average Bonchev–Trinajstić information content (AvgIpc) is 2.15. The van der Waals surface area contributed by atoms with Crippen LogP contribution in [0.4, 0.5) is 0 Å². The van der Waals surface area contributed by atoms with Crippen LogP contribution in [0.3, 0.4) is 0 Å². The molecule has 0 fully saturated rings. The summed E-state index contributed by atoms with van der Waals surface area (Å²) in [7, 11) is 0. The summed E-state index contributed by atoms with van der Waals surface area (Å²) in [5.41, 5.74) is 1.09. The van der Waals surface area contributed by atoms with Crippen LogP contribution in [0, 0.1) is 0 Å². The van der Waals surface area contributed by atoms with Gasteiger partial charge in [-0.05, 0) is 24.1 Å². The molecule has 0 bridgehead atoms. The van der Waals surface area contributed by atoms with E-state index in [9.17, 15) is 4.79 Å². The topological polar surface area (TPSA) is 17.1 Å². The summed E-state index contributed by atoms with van der Waals surface area (Å²) in [6.45, 7) is 0. The molecular weight excluding hydrogens is 184 g/mol. The Kier molecular flexibility index (Phi) is 4.27. The molecule has 1 rings (SSSR count). The number of benzene rings is 1. The minimum atomic E-state index is 0.462. The second-order valence-corrected chi connectivity index (χ2v) is 3.07. The molecule has 0 atom stereocenters. The minimum absolute atomic E-state index is 0.462. The fourth-order valence-corrected chi connectivity index (χ4v) is 1.06. The molecule has 1 nitrogen and oxygen atoms in total. The molecule has 2 heteroatoms. The molecule has 67 valence electrons. The molecule has 1 radical (unpaired) electrons. The Hall–Kier alpha value is -1.08. The van der Waals surface area contributed by atoms with Gasteiger partial charge in [0, 0.05) is 11.4 Å². The van der Waals surface area contributed by atoms with Crippen molar-refractivity contribution in [3.63, 3.8) is 0 Å². The van der Waals surface area contributed by atoms with Gasteiger partial charge in [-0.1, -0.05) is 35.9 Å². The number of rotatable bonds is 4. The zero-order chi connectivity index (χ0) is 9.52. The Morgan fingerprint density at radius 3 is 2.62 bits per heavy atom. The Morgan fingerprint density at radius 1 is 1.31 bits per heavy atom. The van der Waals surface area contributed by atoms with E-state index in [0.717, 1.165) is 17.0 Å². The number of hydrogen-bond acceptors (Lipinski definition) is 1. The monoisotopic (exact) mass is 193 g/mol. The molecular formula is C11H10ClO. The van der Waals surface area contributed by atoms with Gasteiger partial charge in [-0.25, -0.2) is 0 Å². The lowest BCUT2D eigenvalue weighted by atomic mass is 10.2. The van der Waals surface area contributed by atoms with Crippen LogP contribution in [0.5, 0.6) is 0 Å². The Labute approximate surface area is 83.0 Å². The van der Waals surface area contributed by atoms with Crippen molar-refractivity contribution < 1.29 is 4.79 Å². The molecule has 1 aromatic rings. The molecule has 1 aromatic carbocycles. The van der Waals surface area contributed by atoms with E-state index in [1.165, 1.54) is 0 Å². The molecule has 0 N–H and O–H groups in total. The number of unbranched alkanes of at least 4 members (excludes halogenated alkanes) is 1. The summed E-state index contributed by atoms with van der Waals surface area (Å²) in [6, 6.07) is 7.55. The van der Waals surface area contributed by atoms with Crippen molar-refractivity contribution >= 4 is 24.0 Å². The lowest BCUT2D eigenvalue weighted by Gasteiger charge is -1.92. The molecule has 0 saturated carbocycles. The first-order valence-electron chi connectivity index (χ1n) is 4.10.